The molecule has 1 aromatic carbocycles. The molecule has 2 N–H and O–H groups in total. The number of esters is 1. The molecule has 5 heteroatoms. The van der Waals surface area contributed by atoms with Crippen LogP contribution in [0.4, 0.5) is 5.69 Å². The highest BCUT2D eigenvalue weighted by Crippen LogP contribution is 2.13. The number of aryl methyl sites for hydroxylation is 1. The Morgan fingerprint density at radius 2 is 2.00 bits per heavy atom. The number of rotatable bonds is 4. The molecule has 0 atom stereocenters. The number of nitrogens with zero attached hydrogens (tertiary/aromatic N) is 2. The average Bonchev–Trinajstić information content (AvgIpc) is 2.44. The number of piperazine rings is 1. The molecule has 0 unspecified atom stereocenters. The average molecular weight is 277 g/mol. The Kier molecular flexibility index (Phi) is 4.98. The number of nitrogen functional groups attached to an aromatic ring is 1. The summed E-state index contributed by atoms with van der Waals surface area (Å²) in [6, 6.07) is 5.27. The summed E-state index contributed by atoms with van der Waals surface area (Å²) in [6.07, 6.45) is 0. The van der Waals surface area contributed by atoms with E-state index in [1.54, 1.807) is 12.1 Å². The Labute approximate surface area is 120 Å². The van der Waals surface area contributed by atoms with Gasteiger partial charge in [-0.05, 0) is 31.7 Å². The SMILES string of the molecule is Cc1ccc(C(=O)OCCN2CCN(C)CC2)cc1N. The molecule has 2 rings (SSSR count). The summed E-state index contributed by atoms with van der Waals surface area (Å²) in [6.45, 7) is 7.34. The number of carbonyl (C=O) groups excluding carboxylic acids is 1. The second kappa shape index (κ2) is 6.72. The number of ether oxygens (including phenoxy) is 1. The van der Waals surface area contributed by atoms with Gasteiger partial charge in [-0.2, -0.15) is 0 Å². The van der Waals surface area contributed by atoms with Crippen LogP contribution in [0.15, 0.2) is 18.2 Å². The van der Waals surface area contributed by atoms with Crippen molar-refractivity contribution in [1.82, 2.24) is 9.80 Å². The van der Waals surface area contributed by atoms with Crippen LogP contribution in [0.2, 0.25) is 0 Å². The molecule has 0 aliphatic carbocycles. The molecule has 0 aromatic heterocycles. The van der Waals surface area contributed by atoms with Crippen LogP contribution >= 0.6 is 0 Å². The van der Waals surface area contributed by atoms with Crippen molar-refractivity contribution in [3.05, 3.63) is 29.3 Å². The monoisotopic (exact) mass is 277 g/mol. The van der Waals surface area contributed by atoms with E-state index in [-0.39, 0.29) is 5.97 Å². The normalized spacial score (nSPS) is 17.1. The van der Waals surface area contributed by atoms with Gasteiger partial charge in [0.2, 0.25) is 0 Å². The number of hydrogen-bond acceptors (Lipinski definition) is 5. The van der Waals surface area contributed by atoms with Gasteiger partial charge >= 0.3 is 5.97 Å². The number of likely N-dealkylation sites (N-methyl/N-ethyl adjacent to an activating group) is 1. The zero-order chi connectivity index (χ0) is 14.5. The fourth-order valence-corrected chi connectivity index (χ4v) is 2.19. The molecule has 1 saturated heterocycles. The molecule has 0 radical (unpaired) electrons. The predicted molar refractivity (Wildman–Crippen MR) is 79.8 cm³/mol. The van der Waals surface area contributed by atoms with E-state index in [0.29, 0.717) is 17.9 Å². The van der Waals surface area contributed by atoms with Gasteiger partial charge in [-0.3, -0.25) is 4.90 Å². The van der Waals surface area contributed by atoms with Crippen molar-refractivity contribution >= 4 is 11.7 Å². The molecule has 1 aliphatic heterocycles. The third-order valence-electron chi connectivity index (χ3n) is 3.75. The molecular formula is C15H23N3O2. The molecule has 20 heavy (non-hydrogen) atoms. The van der Waals surface area contributed by atoms with Crippen LogP contribution in [0.1, 0.15) is 15.9 Å². The molecule has 1 fully saturated rings. The Morgan fingerprint density at radius 3 is 2.65 bits per heavy atom. The van der Waals surface area contributed by atoms with Crippen LogP contribution in [0.3, 0.4) is 0 Å². The van der Waals surface area contributed by atoms with E-state index in [2.05, 4.69) is 16.8 Å². The van der Waals surface area contributed by atoms with Crippen molar-refractivity contribution in [2.75, 3.05) is 52.1 Å². The number of nitrogens with two attached hydrogens (primary N) is 1. The Balaban J connectivity index is 1.76. The maximum absolute atomic E-state index is 11.9. The van der Waals surface area contributed by atoms with E-state index >= 15 is 0 Å². The van der Waals surface area contributed by atoms with Crippen LogP contribution in [-0.4, -0.2) is 62.1 Å². The highest BCUT2D eigenvalue weighted by molar-refractivity contribution is 5.90. The topological polar surface area (TPSA) is 58.8 Å². The maximum Gasteiger partial charge on any atom is 0.338 e. The lowest BCUT2D eigenvalue weighted by Gasteiger charge is -2.32. The summed E-state index contributed by atoms with van der Waals surface area (Å²) in [5.74, 6) is -0.300. The van der Waals surface area contributed by atoms with E-state index in [4.69, 9.17) is 10.5 Å². The Morgan fingerprint density at radius 1 is 1.30 bits per heavy atom. The molecule has 0 bridgehead atoms. The highest BCUT2D eigenvalue weighted by atomic mass is 16.5. The number of carbonyl (C=O) groups is 1. The Bertz CT molecular complexity index is 468. The van der Waals surface area contributed by atoms with Crippen molar-refractivity contribution in [2.45, 2.75) is 6.92 Å². The van der Waals surface area contributed by atoms with Gasteiger partial charge in [0.25, 0.3) is 0 Å². The lowest BCUT2D eigenvalue weighted by molar-refractivity contribution is 0.0432. The first-order valence-electron chi connectivity index (χ1n) is 7.00. The van der Waals surface area contributed by atoms with Crippen molar-refractivity contribution in [3.8, 4) is 0 Å². The minimum atomic E-state index is -0.300. The van der Waals surface area contributed by atoms with Gasteiger partial charge in [-0.1, -0.05) is 6.07 Å². The zero-order valence-corrected chi connectivity index (χ0v) is 12.3. The summed E-state index contributed by atoms with van der Waals surface area (Å²) in [5, 5.41) is 0. The second-order valence-electron chi connectivity index (χ2n) is 5.35. The molecule has 0 spiro atoms. The van der Waals surface area contributed by atoms with Gasteiger partial charge in [0, 0.05) is 38.4 Å². The predicted octanol–water partition coefficient (Wildman–Crippen LogP) is 0.981. The van der Waals surface area contributed by atoms with Gasteiger partial charge in [-0.25, -0.2) is 4.79 Å². The molecule has 5 nitrogen and oxygen atoms in total. The number of hydrogen-bond donors (Lipinski definition) is 1. The lowest BCUT2D eigenvalue weighted by atomic mass is 10.1. The minimum absolute atomic E-state index is 0.300. The molecule has 0 saturated carbocycles. The fourth-order valence-electron chi connectivity index (χ4n) is 2.19. The molecule has 1 aliphatic rings. The molecular weight excluding hydrogens is 254 g/mol. The quantitative estimate of drug-likeness (QED) is 0.657. The van der Waals surface area contributed by atoms with E-state index in [1.807, 2.05) is 13.0 Å². The standard InChI is InChI=1S/C15H23N3O2/c1-12-3-4-13(11-14(12)16)15(19)20-10-9-18-7-5-17(2)6-8-18/h3-4,11H,5-10,16H2,1-2H3. The molecule has 0 amide bonds. The van der Waals surface area contributed by atoms with E-state index in [1.165, 1.54) is 0 Å². The van der Waals surface area contributed by atoms with Crippen LogP contribution in [0.5, 0.6) is 0 Å². The largest absolute Gasteiger partial charge is 0.461 e. The summed E-state index contributed by atoms with van der Waals surface area (Å²) in [5.41, 5.74) is 7.91. The molecule has 110 valence electrons. The first kappa shape index (κ1) is 14.8. The minimum Gasteiger partial charge on any atom is -0.461 e. The Hall–Kier alpha value is -1.59. The van der Waals surface area contributed by atoms with Crippen LogP contribution < -0.4 is 5.73 Å². The van der Waals surface area contributed by atoms with Gasteiger partial charge in [0.1, 0.15) is 6.61 Å². The smallest absolute Gasteiger partial charge is 0.338 e. The summed E-state index contributed by atoms with van der Waals surface area (Å²) >= 11 is 0. The molecule has 1 heterocycles. The van der Waals surface area contributed by atoms with Gasteiger partial charge in [0.05, 0.1) is 5.56 Å². The number of anilines is 1. The first-order valence-corrected chi connectivity index (χ1v) is 7.00. The highest BCUT2D eigenvalue weighted by Gasteiger charge is 2.14. The van der Waals surface area contributed by atoms with Gasteiger partial charge < -0.3 is 15.4 Å². The van der Waals surface area contributed by atoms with Gasteiger partial charge in [-0.15, -0.1) is 0 Å². The van der Waals surface area contributed by atoms with Crippen LogP contribution in [0, 0.1) is 6.92 Å². The van der Waals surface area contributed by atoms with Crippen LogP contribution in [0.25, 0.3) is 0 Å². The third kappa shape index (κ3) is 3.95. The van der Waals surface area contributed by atoms with E-state index in [0.717, 1.165) is 38.3 Å². The first-order chi connectivity index (χ1) is 9.56. The summed E-state index contributed by atoms with van der Waals surface area (Å²) in [7, 11) is 2.12. The van der Waals surface area contributed by atoms with Crippen molar-refractivity contribution in [2.24, 2.45) is 0 Å². The van der Waals surface area contributed by atoms with Crippen molar-refractivity contribution < 1.29 is 9.53 Å². The van der Waals surface area contributed by atoms with E-state index < -0.39 is 0 Å². The maximum atomic E-state index is 11.9. The zero-order valence-electron chi connectivity index (χ0n) is 12.3. The molecule has 1 aromatic rings. The van der Waals surface area contributed by atoms with E-state index in [9.17, 15) is 4.79 Å². The summed E-state index contributed by atoms with van der Waals surface area (Å²) < 4.78 is 5.30. The summed E-state index contributed by atoms with van der Waals surface area (Å²) in [4.78, 5) is 16.5. The number of benzene rings is 1. The fraction of sp³-hybridized carbons (Fsp3) is 0.533. The third-order valence-corrected chi connectivity index (χ3v) is 3.75. The van der Waals surface area contributed by atoms with Crippen LogP contribution in [-0.2, 0) is 4.74 Å². The second-order valence-corrected chi connectivity index (χ2v) is 5.35. The van der Waals surface area contributed by atoms with Crippen molar-refractivity contribution in [1.29, 1.82) is 0 Å². The van der Waals surface area contributed by atoms with Gasteiger partial charge in [0.15, 0.2) is 0 Å². The van der Waals surface area contributed by atoms with Crippen molar-refractivity contribution in [3.63, 3.8) is 0 Å². The lowest BCUT2D eigenvalue weighted by Crippen LogP contribution is -2.45.